The van der Waals surface area contributed by atoms with Crippen molar-refractivity contribution in [1.82, 2.24) is 8.61 Å². The van der Waals surface area contributed by atoms with E-state index in [1.165, 1.54) is 4.31 Å². The fourth-order valence-electron chi connectivity index (χ4n) is 1.92. The molecule has 2 rings (SSSR count). The zero-order valence-electron chi connectivity index (χ0n) is 10.1. The van der Waals surface area contributed by atoms with Crippen LogP contribution in [0.4, 0.5) is 0 Å². The molecule has 0 aromatic heterocycles. The summed E-state index contributed by atoms with van der Waals surface area (Å²) in [6.07, 6.45) is 1.96. The van der Waals surface area contributed by atoms with Crippen LogP contribution >= 0.6 is 0 Å². The van der Waals surface area contributed by atoms with E-state index in [0.29, 0.717) is 38.8 Å². The lowest BCUT2D eigenvalue weighted by molar-refractivity contribution is -0.137. The van der Waals surface area contributed by atoms with Crippen molar-refractivity contribution in [2.45, 2.75) is 12.8 Å². The summed E-state index contributed by atoms with van der Waals surface area (Å²) in [5.74, 6) is -0.798. The smallest absolute Gasteiger partial charge is 0.318 e. The van der Waals surface area contributed by atoms with E-state index in [1.54, 1.807) is 0 Å². The fraction of sp³-hybridized carbons (Fsp3) is 0.900. The summed E-state index contributed by atoms with van der Waals surface area (Å²) in [7, 11) is -3.67. The van der Waals surface area contributed by atoms with Crippen molar-refractivity contribution in [2.24, 2.45) is 5.92 Å². The maximum absolute atomic E-state index is 12.3. The van der Waals surface area contributed by atoms with Gasteiger partial charge in [-0.2, -0.15) is 17.0 Å². The topological polar surface area (TPSA) is 87.2 Å². The average Bonchev–Trinajstić information content (AvgIpc) is 3.13. The highest BCUT2D eigenvalue weighted by atomic mass is 32.2. The van der Waals surface area contributed by atoms with E-state index in [4.69, 9.17) is 9.84 Å². The van der Waals surface area contributed by atoms with Gasteiger partial charge >= 0.3 is 5.97 Å². The fourth-order valence-corrected chi connectivity index (χ4v) is 3.53. The van der Waals surface area contributed by atoms with Crippen molar-refractivity contribution in [2.75, 3.05) is 39.4 Å². The molecule has 0 unspecified atom stereocenters. The molecule has 7 nitrogen and oxygen atoms in total. The van der Waals surface area contributed by atoms with Gasteiger partial charge in [0.2, 0.25) is 0 Å². The van der Waals surface area contributed by atoms with Gasteiger partial charge in [0.1, 0.15) is 6.54 Å². The Morgan fingerprint density at radius 1 is 1.33 bits per heavy atom. The molecule has 0 atom stereocenters. The largest absolute Gasteiger partial charge is 0.480 e. The molecule has 0 radical (unpaired) electrons. The number of carboxylic acid groups (broad SMARTS) is 1. The number of hydrogen-bond donors (Lipinski definition) is 1. The first-order valence-electron chi connectivity index (χ1n) is 6.05. The van der Waals surface area contributed by atoms with Gasteiger partial charge in [0.05, 0.1) is 13.2 Å². The maximum atomic E-state index is 12.3. The number of nitrogens with zero attached hydrogens (tertiary/aromatic N) is 2. The van der Waals surface area contributed by atoms with Crippen molar-refractivity contribution in [3.63, 3.8) is 0 Å². The second kappa shape index (κ2) is 5.52. The van der Waals surface area contributed by atoms with E-state index in [1.807, 2.05) is 0 Å². The second-order valence-corrected chi connectivity index (χ2v) is 6.58. The number of carboxylic acids is 1. The van der Waals surface area contributed by atoms with Crippen LogP contribution < -0.4 is 0 Å². The molecular formula is C10H18N2O5S. The highest BCUT2D eigenvalue weighted by Crippen LogP contribution is 2.31. The van der Waals surface area contributed by atoms with Gasteiger partial charge in [-0.05, 0) is 18.8 Å². The van der Waals surface area contributed by atoms with Gasteiger partial charge in [-0.25, -0.2) is 0 Å². The molecule has 18 heavy (non-hydrogen) atoms. The number of carbonyl (C=O) groups is 1. The summed E-state index contributed by atoms with van der Waals surface area (Å²) in [5, 5.41) is 8.83. The molecule has 0 spiro atoms. The molecular weight excluding hydrogens is 260 g/mol. The monoisotopic (exact) mass is 278 g/mol. The van der Waals surface area contributed by atoms with Crippen molar-refractivity contribution in [3.8, 4) is 0 Å². The Kier molecular flexibility index (Phi) is 4.21. The average molecular weight is 278 g/mol. The first-order chi connectivity index (χ1) is 8.50. The molecule has 0 aromatic carbocycles. The van der Waals surface area contributed by atoms with E-state index in [9.17, 15) is 13.2 Å². The lowest BCUT2D eigenvalue weighted by atomic mass is 10.4. The van der Waals surface area contributed by atoms with E-state index in [0.717, 1.165) is 17.1 Å². The Morgan fingerprint density at radius 3 is 2.44 bits per heavy atom. The summed E-state index contributed by atoms with van der Waals surface area (Å²) in [4.78, 5) is 10.8. The summed E-state index contributed by atoms with van der Waals surface area (Å²) in [6.45, 7) is 1.17. The summed E-state index contributed by atoms with van der Waals surface area (Å²) >= 11 is 0. The highest BCUT2D eigenvalue weighted by molar-refractivity contribution is 7.86. The SMILES string of the molecule is O=C(O)CN(CC1CC1)S(=O)(=O)N1CCOCC1. The predicted molar refractivity (Wildman–Crippen MR) is 63.2 cm³/mol. The molecule has 2 aliphatic rings. The minimum absolute atomic E-state index is 0.295. The molecule has 1 aliphatic carbocycles. The van der Waals surface area contributed by atoms with Gasteiger partial charge in [-0.15, -0.1) is 0 Å². The van der Waals surface area contributed by atoms with Crippen LogP contribution in [0.2, 0.25) is 0 Å². The lowest BCUT2D eigenvalue weighted by Gasteiger charge is -2.31. The predicted octanol–water partition coefficient (Wildman–Crippen LogP) is -0.640. The molecule has 8 heteroatoms. The van der Waals surface area contributed by atoms with Crippen LogP contribution in [-0.4, -0.2) is 67.5 Å². The van der Waals surface area contributed by atoms with Gasteiger partial charge in [0, 0.05) is 19.6 Å². The molecule has 0 aromatic rings. The number of ether oxygens (including phenoxy) is 1. The van der Waals surface area contributed by atoms with Gasteiger partial charge in [-0.3, -0.25) is 4.79 Å². The van der Waals surface area contributed by atoms with Crippen LogP contribution in [0, 0.1) is 5.92 Å². The zero-order valence-corrected chi connectivity index (χ0v) is 10.9. The molecule has 1 saturated heterocycles. The molecule has 1 N–H and O–H groups in total. The second-order valence-electron chi connectivity index (χ2n) is 4.65. The Morgan fingerprint density at radius 2 is 1.94 bits per heavy atom. The number of morpholine rings is 1. The van der Waals surface area contributed by atoms with Gasteiger partial charge in [0.15, 0.2) is 0 Å². The van der Waals surface area contributed by atoms with Crippen LogP contribution in [0.1, 0.15) is 12.8 Å². The van der Waals surface area contributed by atoms with Gasteiger partial charge < -0.3 is 9.84 Å². The third-order valence-corrected chi connectivity index (χ3v) is 5.04. The molecule has 1 saturated carbocycles. The van der Waals surface area contributed by atoms with Crippen LogP contribution in [0.5, 0.6) is 0 Å². The molecule has 0 amide bonds. The number of rotatable bonds is 6. The minimum Gasteiger partial charge on any atom is -0.480 e. The first kappa shape index (κ1) is 13.7. The quantitative estimate of drug-likeness (QED) is 0.698. The van der Waals surface area contributed by atoms with Crippen molar-refractivity contribution < 1.29 is 23.1 Å². The van der Waals surface area contributed by atoms with Crippen LogP contribution in [-0.2, 0) is 19.7 Å². The Balaban J connectivity index is 2.07. The molecule has 2 fully saturated rings. The number of aliphatic carboxylic acids is 1. The van der Waals surface area contributed by atoms with E-state index in [2.05, 4.69) is 0 Å². The third-order valence-electron chi connectivity index (χ3n) is 3.09. The molecule has 0 bridgehead atoms. The Bertz CT molecular complexity index is 400. The van der Waals surface area contributed by atoms with Crippen molar-refractivity contribution in [3.05, 3.63) is 0 Å². The minimum atomic E-state index is -3.67. The van der Waals surface area contributed by atoms with E-state index < -0.39 is 22.7 Å². The standard InChI is InChI=1S/C10H18N2O5S/c13-10(14)8-12(7-9-1-2-9)18(15,16)11-3-5-17-6-4-11/h9H,1-8H2,(H,13,14). The van der Waals surface area contributed by atoms with Crippen LogP contribution in [0.3, 0.4) is 0 Å². The first-order valence-corrected chi connectivity index (χ1v) is 7.44. The summed E-state index contributed by atoms with van der Waals surface area (Å²) in [6, 6.07) is 0. The van der Waals surface area contributed by atoms with Gasteiger partial charge in [0.25, 0.3) is 10.2 Å². The maximum Gasteiger partial charge on any atom is 0.318 e. The van der Waals surface area contributed by atoms with Crippen LogP contribution in [0.25, 0.3) is 0 Å². The third kappa shape index (κ3) is 3.41. The van der Waals surface area contributed by atoms with E-state index in [-0.39, 0.29) is 0 Å². The van der Waals surface area contributed by atoms with Crippen molar-refractivity contribution in [1.29, 1.82) is 0 Å². The summed E-state index contributed by atoms with van der Waals surface area (Å²) < 4.78 is 32.1. The lowest BCUT2D eigenvalue weighted by Crippen LogP contribution is -2.50. The Labute approximate surface area is 106 Å². The zero-order chi connectivity index (χ0) is 13.2. The van der Waals surface area contributed by atoms with Gasteiger partial charge in [-0.1, -0.05) is 0 Å². The Hall–Kier alpha value is -0.700. The molecule has 1 aliphatic heterocycles. The molecule has 1 heterocycles. The molecule has 104 valence electrons. The normalized spacial score (nSPS) is 22.3. The van der Waals surface area contributed by atoms with Crippen molar-refractivity contribution >= 4 is 16.2 Å². The highest BCUT2D eigenvalue weighted by Gasteiger charge is 2.36. The number of hydrogen-bond acceptors (Lipinski definition) is 4. The summed E-state index contributed by atoms with van der Waals surface area (Å²) in [5.41, 5.74) is 0. The van der Waals surface area contributed by atoms with Crippen LogP contribution in [0.15, 0.2) is 0 Å². The van der Waals surface area contributed by atoms with E-state index >= 15 is 0 Å².